The molecule has 2 amide bonds. The fourth-order valence-corrected chi connectivity index (χ4v) is 2.91. The molecule has 0 unspecified atom stereocenters. The van der Waals surface area contributed by atoms with E-state index in [1.807, 2.05) is 34.9 Å². The summed E-state index contributed by atoms with van der Waals surface area (Å²) in [7, 11) is 0. The van der Waals surface area contributed by atoms with Gasteiger partial charge in [0.25, 0.3) is 0 Å². The Hall–Kier alpha value is -2.24. The first-order valence-corrected chi connectivity index (χ1v) is 8.11. The lowest BCUT2D eigenvalue weighted by molar-refractivity contribution is -0.139. The van der Waals surface area contributed by atoms with E-state index in [-0.39, 0.29) is 11.8 Å². The number of piperazine rings is 1. The van der Waals surface area contributed by atoms with Crippen molar-refractivity contribution in [3.63, 3.8) is 0 Å². The maximum Gasteiger partial charge on any atom is 0.227 e. The van der Waals surface area contributed by atoms with E-state index in [4.69, 9.17) is 9.47 Å². The molecule has 0 spiro atoms. The van der Waals surface area contributed by atoms with Crippen molar-refractivity contribution in [1.29, 1.82) is 0 Å². The molecule has 0 saturated carbocycles. The van der Waals surface area contributed by atoms with Crippen molar-refractivity contribution in [3.05, 3.63) is 23.8 Å². The fraction of sp³-hybridized carbons (Fsp3) is 0.529. The van der Waals surface area contributed by atoms with Crippen molar-refractivity contribution < 1.29 is 19.1 Å². The summed E-state index contributed by atoms with van der Waals surface area (Å²) in [6, 6.07) is 5.64. The summed E-state index contributed by atoms with van der Waals surface area (Å²) in [5.74, 6) is 1.69. The van der Waals surface area contributed by atoms with E-state index in [2.05, 4.69) is 0 Å². The summed E-state index contributed by atoms with van der Waals surface area (Å²) in [6.45, 7) is 5.43. The molecule has 2 heterocycles. The average molecular weight is 318 g/mol. The molecule has 0 bridgehead atoms. The van der Waals surface area contributed by atoms with Crippen LogP contribution in [0.2, 0.25) is 0 Å². The van der Waals surface area contributed by atoms with Crippen molar-refractivity contribution >= 4 is 11.8 Å². The highest BCUT2D eigenvalue weighted by molar-refractivity contribution is 5.80. The molecule has 0 aliphatic carbocycles. The van der Waals surface area contributed by atoms with Gasteiger partial charge in [0.2, 0.25) is 11.8 Å². The summed E-state index contributed by atoms with van der Waals surface area (Å²) in [5.41, 5.74) is 0.923. The number of amides is 2. The van der Waals surface area contributed by atoms with Gasteiger partial charge >= 0.3 is 0 Å². The topological polar surface area (TPSA) is 59.1 Å². The number of hydrogen-bond acceptors (Lipinski definition) is 4. The molecule has 0 radical (unpaired) electrons. The van der Waals surface area contributed by atoms with E-state index in [1.165, 1.54) is 0 Å². The molecule has 0 aromatic heterocycles. The number of hydrogen-bond donors (Lipinski definition) is 0. The van der Waals surface area contributed by atoms with Crippen molar-refractivity contribution in [2.24, 2.45) is 0 Å². The fourth-order valence-electron chi connectivity index (χ4n) is 2.91. The van der Waals surface area contributed by atoms with Gasteiger partial charge in [-0.05, 0) is 17.7 Å². The van der Waals surface area contributed by atoms with Crippen molar-refractivity contribution in [1.82, 2.24) is 9.80 Å². The zero-order valence-corrected chi connectivity index (χ0v) is 13.4. The van der Waals surface area contributed by atoms with Crippen molar-refractivity contribution in [2.45, 2.75) is 19.8 Å². The molecular formula is C17H22N2O4. The Labute approximate surface area is 136 Å². The first-order valence-electron chi connectivity index (χ1n) is 8.11. The van der Waals surface area contributed by atoms with Gasteiger partial charge in [-0.1, -0.05) is 13.0 Å². The lowest BCUT2D eigenvalue weighted by Crippen LogP contribution is -2.50. The van der Waals surface area contributed by atoms with E-state index < -0.39 is 0 Å². The molecule has 3 rings (SSSR count). The number of benzene rings is 1. The third kappa shape index (κ3) is 3.57. The van der Waals surface area contributed by atoms with Gasteiger partial charge in [-0.3, -0.25) is 9.59 Å². The van der Waals surface area contributed by atoms with Crippen LogP contribution in [-0.2, 0) is 16.0 Å². The Bertz CT molecular complexity index is 594. The Morgan fingerprint density at radius 2 is 1.57 bits per heavy atom. The SMILES string of the molecule is CCC(=O)N1CCN(C(=O)Cc2ccc3c(c2)OCCO3)CC1. The molecule has 2 aliphatic rings. The minimum Gasteiger partial charge on any atom is -0.486 e. The van der Waals surface area contributed by atoms with Gasteiger partial charge < -0.3 is 19.3 Å². The summed E-state index contributed by atoms with van der Waals surface area (Å²) in [6.07, 6.45) is 0.865. The first kappa shape index (κ1) is 15.6. The normalized spacial score (nSPS) is 17.1. The lowest BCUT2D eigenvalue weighted by atomic mass is 10.1. The van der Waals surface area contributed by atoms with Crippen molar-refractivity contribution in [3.8, 4) is 11.5 Å². The molecular weight excluding hydrogens is 296 g/mol. The van der Waals surface area contributed by atoms with E-state index >= 15 is 0 Å². The van der Waals surface area contributed by atoms with Crippen LogP contribution in [0.15, 0.2) is 18.2 Å². The number of carbonyl (C=O) groups is 2. The van der Waals surface area contributed by atoms with Gasteiger partial charge in [-0.2, -0.15) is 0 Å². The number of carbonyl (C=O) groups excluding carboxylic acids is 2. The Balaban J connectivity index is 1.56. The number of fused-ring (bicyclic) bond motifs is 1. The number of nitrogens with zero attached hydrogens (tertiary/aromatic N) is 2. The van der Waals surface area contributed by atoms with E-state index in [0.29, 0.717) is 58.0 Å². The highest BCUT2D eigenvalue weighted by atomic mass is 16.6. The highest BCUT2D eigenvalue weighted by Crippen LogP contribution is 2.31. The van der Waals surface area contributed by atoms with Gasteiger partial charge in [-0.15, -0.1) is 0 Å². The molecule has 6 nitrogen and oxygen atoms in total. The third-order valence-corrected chi connectivity index (χ3v) is 4.25. The molecule has 1 fully saturated rings. The van der Waals surface area contributed by atoms with Crippen LogP contribution in [0.3, 0.4) is 0 Å². The smallest absolute Gasteiger partial charge is 0.227 e. The van der Waals surface area contributed by atoms with E-state index in [9.17, 15) is 9.59 Å². The van der Waals surface area contributed by atoms with Crippen LogP contribution in [0.1, 0.15) is 18.9 Å². The minimum atomic E-state index is 0.0882. The van der Waals surface area contributed by atoms with Crippen LogP contribution in [0.25, 0.3) is 0 Å². The van der Waals surface area contributed by atoms with Crippen molar-refractivity contribution in [2.75, 3.05) is 39.4 Å². The summed E-state index contributed by atoms with van der Waals surface area (Å²) in [4.78, 5) is 27.8. The molecule has 2 aliphatic heterocycles. The second-order valence-corrected chi connectivity index (χ2v) is 5.77. The predicted octanol–water partition coefficient (Wildman–Crippen LogP) is 1.08. The molecule has 0 atom stereocenters. The van der Waals surface area contributed by atoms with Crippen LogP contribution >= 0.6 is 0 Å². The van der Waals surface area contributed by atoms with Crippen LogP contribution in [-0.4, -0.2) is 61.0 Å². The van der Waals surface area contributed by atoms with E-state index in [1.54, 1.807) is 0 Å². The molecule has 0 N–H and O–H groups in total. The number of ether oxygens (including phenoxy) is 2. The van der Waals surface area contributed by atoms with Gasteiger partial charge in [-0.25, -0.2) is 0 Å². The molecule has 124 valence electrons. The van der Waals surface area contributed by atoms with Gasteiger partial charge in [0.1, 0.15) is 13.2 Å². The standard InChI is InChI=1S/C17H22N2O4/c1-2-16(20)18-5-7-19(8-6-18)17(21)12-13-3-4-14-15(11-13)23-10-9-22-14/h3-4,11H,2,5-10,12H2,1H3. The van der Waals surface area contributed by atoms with Crippen LogP contribution in [0.5, 0.6) is 11.5 Å². The summed E-state index contributed by atoms with van der Waals surface area (Å²) in [5, 5.41) is 0. The van der Waals surface area contributed by atoms with E-state index in [0.717, 1.165) is 11.3 Å². The predicted molar refractivity (Wildman–Crippen MR) is 84.6 cm³/mol. The molecule has 23 heavy (non-hydrogen) atoms. The Morgan fingerprint density at radius 3 is 2.22 bits per heavy atom. The van der Waals surface area contributed by atoms with Crippen LogP contribution in [0.4, 0.5) is 0 Å². The molecule has 1 aromatic rings. The summed E-state index contributed by atoms with van der Waals surface area (Å²) < 4.78 is 11.0. The molecule has 1 aromatic carbocycles. The van der Waals surface area contributed by atoms with Gasteiger partial charge in [0.05, 0.1) is 6.42 Å². The zero-order valence-electron chi connectivity index (χ0n) is 13.4. The average Bonchev–Trinajstić information content (AvgIpc) is 2.61. The maximum absolute atomic E-state index is 12.4. The van der Waals surface area contributed by atoms with Crippen LogP contribution in [0, 0.1) is 0 Å². The monoisotopic (exact) mass is 318 g/mol. The zero-order chi connectivity index (χ0) is 16.2. The molecule has 1 saturated heterocycles. The minimum absolute atomic E-state index is 0.0882. The Morgan fingerprint density at radius 1 is 0.957 bits per heavy atom. The van der Waals surface area contributed by atoms with Crippen LogP contribution < -0.4 is 9.47 Å². The summed E-state index contributed by atoms with van der Waals surface area (Å²) >= 11 is 0. The molecule has 6 heteroatoms. The second kappa shape index (κ2) is 6.89. The van der Waals surface area contributed by atoms with Gasteiger partial charge in [0.15, 0.2) is 11.5 Å². The first-order chi connectivity index (χ1) is 11.2. The maximum atomic E-state index is 12.4. The lowest BCUT2D eigenvalue weighted by Gasteiger charge is -2.34. The quantitative estimate of drug-likeness (QED) is 0.837. The third-order valence-electron chi connectivity index (χ3n) is 4.25. The Kier molecular flexibility index (Phi) is 4.69. The largest absolute Gasteiger partial charge is 0.486 e. The van der Waals surface area contributed by atoms with Gasteiger partial charge in [0, 0.05) is 32.6 Å². The number of rotatable bonds is 3. The highest BCUT2D eigenvalue weighted by Gasteiger charge is 2.23. The second-order valence-electron chi connectivity index (χ2n) is 5.77.